The number of carbonyl (C=O) groups excluding carboxylic acids is 1. The second-order valence-corrected chi connectivity index (χ2v) is 5.77. The molecule has 2 rings (SSSR count). The predicted molar refractivity (Wildman–Crippen MR) is 91.5 cm³/mol. The van der Waals surface area contributed by atoms with Crippen molar-refractivity contribution in [3.8, 4) is 11.1 Å². The zero-order valence-electron chi connectivity index (χ0n) is 13.9. The molecule has 0 saturated heterocycles. The summed E-state index contributed by atoms with van der Waals surface area (Å²) in [4.78, 5) is 15.5. The van der Waals surface area contributed by atoms with Gasteiger partial charge in [0.25, 0.3) is 0 Å². The van der Waals surface area contributed by atoms with Crippen molar-refractivity contribution in [3.05, 3.63) is 59.9 Å². The number of carbonyl (C=O) groups is 1. The highest BCUT2D eigenvalue weighted by atomic mass is 19.1. The van der Waals surface area contributed by atoms with Crippen LogP contribution in [0.1, 0.15) is 12.5 Å². The summed E-state index contributed by atoms with van der Waals surface area (Å²) >= 11 is 0. The zero-order valence-corrected chi connectivity index (χ0v) is 13.9. The second kappa shape index (κ2) is 7.88. The van der Waals surface area contributed by atoms with Gasteiger partial charge < -0.3 is 4.90 Å². The van der Waals surface area contributed by atoms with Gasteiger partial charge in [-0.05, 0) is 29.8 Å². The molecule has 0 heterocycles. The van der Waals surface area contributed by atoms with Gasteiger partial charge in [0, 0.05) is 26.2 Å². The summed E-state index contributed by atoms with van der Waals surface area (Å²) in [6.45, 7) is 3.86. The van der Waals surface area contributed by atoms with Gasteiger partial charge in [0.2, 0.25) is 5.91 Å². The first-order valence-electron chi connectivity index (χ1n) is 7.77. The van der Waals surface area contributed by atoms with E-state index < -0.39 is 0 Å². The highest BCUT2D eigenvalue weighted by Crippen LogP contribution is 2.23. The average molecular weight is 314 g/mol. The van der Waals surface area contributed by atoms with E-state index in [1.54, 1.807) is 31.1 Å². The molecule has 23 heavy (non-hydrogen) atoms. The molecule has 122 valence electrons. The Morgan fingerprint density at radius 2 is 1.83 bits per heavy atom. The lowest BCUT2D eigenvalue weighted by Gasteiger charge is -2.22. The molecule has 0 aliphatic heterocycles. The van der Waals surface area contributed by atoms with Crippen LogP contribution < -0.4 is 0 Å². The maximum Gasteiger partial charge on any atom is 0.236 e. The molecule has 0 spiro atoms. The number of likely N-dealkylation sites (N-methyl/N-ethyl adjacent to an activating group) is 2. The Labute approximate surface area is 137 Å². The van der Waals surface area contributed by atoms with E-state index in [-0.39, 0.29) is 11.7 Å². The SMILES string of the molecule is CCN(CC(=O)N(C)C)Cc1cccc(-c2ccccc2F)c1. The summed E-state index contributed by atoms with van der Waals surface area (Å²) < 4.78 is 13.9. The van der Waals surface area contributed by atoms with Crippen LogP contribution in [-0.2, 0) is 11.3 Å². The van der Waals surface area contributed by atoms with E-state index in [0.717, 1.165) is 17.7 Å². The summed E-state index contributed by atoms with van der Waals surface area (Å²) in [6.07, 6.45) is 0. The van der Waals surface area contributed by atoms with E-state index in [9.17, 15) is 9.18 Å². The third kappa shape index (κ3) is 4.63. The molecule has 4 heteroatoms. The van der Waals surface area contributed by atoms with E-state index in [1.807, 2.05) is 37.3 Å². The molecule has 0 aliphatic carbocycles. The minimum atomic E-state index is -0.222. The fourth-order valence-corrected chi connectivity index (χ4v) is 2.40. The third-order valence-corrected chi connectivity index (χ3v) is 3.82. The first-order chi connectivity index (χ1) is 11.0. The van der Waals surface area contributed by atoms with Crippen molar-refractivity contribution in [1.82, 2.24) is 9.80 Å². The van der Waals surface area contributed by atoms with Gasteiger partial charge in [-0.2, -0.15) is 0 Å². The van der Waals surface area contributed by atoms with E-state index in [0.29, 0.717) is 18.7 Å². The van der Waals surface area contributed by atoms with Gasteiger partial charge in [-0.3, -0.25) is 9.69 Å². The maximum absolute atomic E-state index is 13.9. The predicted octanol–water partition coefficient (Wildman–Crippen LogP) is 3.40. The summed E-state index contributed by atoms with van der Waals surface area (Å²) in [5.74, 6) is -0.142. The van der Waals surface area contributed by atoms with Gasteiger partial charge in [-0.1, -0.05) is 43.3 Å². The molecule has 0 aromatic heterocycles. The normalized spacial score (nSPS) is 10.8. The molecule has 0 atom stereocenters. The Bertz CT molecular complexity index is 670. The largest absolute Gasteiger partial charge is 0.348 e. The topological polar surface area (TPSA) is 23.6 Å². The van der Waals surface area contributed by atoms with Crippen LogP contribution in [0, 0.1) is 5.82 Å². The molecular formula is C19H23FN2O. The molecule has 0 N–H and O–H groups in total. The van der Waals surface area contributed by atoms with Crippen LogP contribution >= 0.6 is 0 Å². The van der Waals surface area contributed by atoms with Crippen LogP contribution in [0.15, 0.2) is 48.5 Å². The van der Waals surface area contributed by atoms with Crippen LogP contribution in [-0.4, -0.2) is 42.9 Å². The number of hydrogen-bond donors (Lipinski definition) is 0. The van der Waals surface area contributed by atoms with Gasteiger partial charge in [-0.25, -0.2) is 4.39 Å². The standard InChI is InChI=1S/C19H23FN2O/c1-4-22(14-19(23)21(2)3)13-15-8-7-9-16(12-15)17-10-5-6-11-18(17)20/h5-12H,4,13-14H2,1-3H3. The lowest BCUT2D eigenvalue weighted by molar-refractivity contribution is -0.130. The van der Waals surface area contributed by atoms with Crippen molar-refractivity contribution >= 4 is 5.91 Å². The number of amides is 1. The van der Waals surface area contributed by atoms with Crippen LogP contribution in [0.3, 0.4) is 0 Å². The molecule has 2 aromatic carbocycles. The quantitative estimate of drug-likeness (QED) is 0.816. The first-order valence-corrected chi connectivity index (χ1v) is 7.77. The summed E-state index contributed by atoms with van der Waals surface area (Å²) in [6, 6.07) is 14.6. The minimum absolute atomic E-state index is 0.0807. The molecule has 0 aliphatic rings. The van der Waals surface area contributed by atoms with Crippen molar-refractivity contribution in [2.45, 2.75) is 13.5 Å². The first kappa shape index (κ1) is 17.2. The maximum atomic E-state index is 13.9. The summed E-state index contributed by atoms with van der Waals surface area (Å²) in [5, 5.41) is 0. The van der Waals surface area contributed by atoms with Crippen LogP contribution in [0.25, 0.3) is 11.1 Å². The Morgan fingerprint density at radius 3 is 2.48 bits per heavy atom. The van der Waals surface area contributed by atoms with Gasteiger partial charge in [0.05, 0.1) is 6.54 Å². The van der Waals surface area contributed by atoms with E-state index in [4.69, 9.17) is 0 Å². The van der Waals surface area contributed by atoms with Crippen molar-refractivity contribution < 1.29 is 9.18 Å². The summed E-state index contributed by atoms with van der Waals surface area (Å²) in [5.41, 5.74) is 2.52. The smallest absolute Gasteiger partial charge is 0.236 e. The molecule has 1 amide bonds. The molecule has 0 fully saturated rings. The molecule has 0 unspecified atom stereocenters. The molecule has 0 radical (unpaired) electrons. The Kier molecular flexibility index (Phi) is 5.88. The molecule has 3 nitrogen and oxygen atoms in total. The van der Waals surface area contributed by atoms with Crippen LogP contribution in [0.4, 0.5) is 4.39 Å². The average Bonchev–Trinajstić information content (AvgIpc) is 2.54. The van der Waals surface area contributed by atoms with E-state index in [1.165, 1.54) is 6.07 Å². The lowest BCUT2D eigenvalue weighted by Crippen LogP contribution is -2.36. The Balaban J connectivity index is 2.16. The zero-order chi connectivity index (χ0) is 16.8. The number of benzene rings is 2. The van der Waals surface area contributed by atoms with Gasteiger partial charge in [-0.15, -0.1) is 0 Å². The van der Waals surface area contributed by atoms with Crippen molar-refractivity contribution in [3.63, 3.8) is 0 Å². The van der Waals surface area contributed by atoms with Crippen LogP contribution in [0.5, 0.6) is 0 Å². The van der Waals surface area contributed by atoms with Crippen molar-refractivity contribution in [2.75, 3.05) is 27.2 Å². The number of nitrogens with zero attached hydrogens (tertiary/aromatic N) is 2. The van der Waals surface area contributed by atoms with Crippen molar-refractivity contribution in [2.24, 2.45) is 0 Å². The molecule has 0 bridgehead atoms. The van der Waals surface area contributed by atoms with E-state index in [2.05, 4.69) is 4.90 Å². The summed E-state index contributed by atoms with van der Waals surface area (Å²) in [7, 11) is 3.52. The number of rotatable bonds is 6. The van der Waals surface area contributed by atoms with Crippen LogP contribution in [0.2, 0.25) is 0 Å². The van der Waals surface area contributed by atoms with Gasteiger partial charge >= 0.3 is 0 Å². The third-order valence-electron chi connectivity index (χ3n) is 3.82. The molecule has 2 aromatic rings. The minimum Gasteiger partial charge on any atom is -0.348 e. The van der Waals surface area contributed by atoms with Gasteiger partial charge in [0.15, 0.2) is 0 Å². The number of halogens is 1. The number of hydrogen-bond acceptors (Lipinski definition) is 2. The molecular weight excluding hydrogens is 291 g/mol. The lowest BCUT2D eigenvalue weighted by atomic mass is 10.0. The second-order valence-electron chi connectivity index (χ2n) is 5.77. The highest BCUT2D eigenvalue weighted by molar-refractivity contribution is 5.77. The monoisotopic (exact) mass is 314 g/mol. The highest BCUT2D eigenvalue weighted by Gasteiger charge is 2.12. The Morgan fingerprint density at radius 1 is 1.09 bits per heavy atom. The van der Waals surface area contributed by atoms with E-state index >= 15 is 0 Å². The molecule has 0 saturated carbocycles. The Hall–Kier alpha value is -2.20. The van der Waals surface area contributed by atoms with Crippen molar-refractivity contribution in [1.29, 1.82) is 0 Å². The fourth-order valence-electron chi connectivity index (χ4n) is 2.40. The fraction of sp³-hybridized carbons (Fsp3) is 0.316. The van der Waals surface area contributed by atoms with Gasteiger partial charge in [0.1, 0.15) is 5.82 Å².